The van der Waals surface area contributed by atoms with Gasteiger partial charge in [-0.2, -0.15) is 5.11 Å². The van der Waals surface area contributed by atoms with E-state index in [2.05, 4.69) is 20.5 Å². The van der Waals surface area contributed by atoms with E-state index in [0.717, 1.165) is 16.8 Å². The molecule has 0 saturated carbocycles. The number of azo groups is 2. The Balaban J connectivity index is 0.000000280. The van der Waals surface area contributed by atoms with Crippen LogP contribution in [0.3, 0.4) is 0 Å². The van der Waals surface area contributed by atoms with Crippen molar-refractivity contribution in [3.05, 3.63) is 131 Å². The zero-order valence-corrected chi connectivity index (χ0v) is 34.5. The number of hydrogen-bond acceptors (Lipinski definition) is 13. The number of fused-ring (bicyclic) bond motifs is 3. The molecule has 0 atom stereocenters. The van der Waals surface area contributed by atoms with Crippen molar-refractivity contribution in [1.29, 1.82) is 0 Å². The number of non-ortho nitro benzene ring substituents is 1. The molecule has 7 aromatic rings. The normalized spacial score (nSPS) is 11.1. The molecule has 54 heavy (non-hydrogen) atoms. The Morgan fingerprint density at radius 3 is 1.57 bits per heavy atom. The summed E-state index contributed by atoms with van der Waals surface area (Å²) in [6.45, 7) is 0. The van der Waals surface area contributed by atoms with Gasteiger partial charge in [0.15, 0.2) is 5.75 Å². The number of nitro benzene ring substituents is 1. The van der Waals surface area contributed by atoms with Gasteiger partial charge >= 0.3 is 59.1 Å². The van der Waals surface area contributed by atoms with Crippen molar-refractivity contribution < 1.29 is 115 Å². The van der Waals surface area contributed by atoms with Crippen LogP contribution in [0, 0.1) is 10.1 Å². The van der Waals surface area contributed by atoms with Crippen LogP contribution in [0.1, 0.15) is 0 Å². The fourth-order valence-corrected chi connectivity index (χ4v) is 6.07. The molecule has 0 radical (unpaired) electrons. The largest absolute Gasteiger partial charge is 1.00 e. The van der Waals surface area contributed by atoms with Crippen molar-refractivity contribution in [2.45, 2.75) is 4.90 Å². The second-order valence-corrected chi connectivity index (χ2v) is 12.2. The summed E-state index contributed by atoms with van der Waals surface area (Å²) in [5.41, 5.74) is 0.0527. The number of phenols is 4. The van der Waals surface area contributed by atoms with E-state index in [1.54, 1.807) is 54.6 Å². The maximum absolute atomic E-state index is 11.7. The van der Waals surface area contributed by atoms with E-state index in [1.807, 2.05) is 24.3 Å². The Morgan fingerprint density at radius 2 is 1.06 bits per heavy atom. The molecule has 0 aliphatic heterocycles. The van der Waals surface area contributed by atoms with E-state index in [0.29, 0.717) is 16.2 Å². The molecule has 0 aromatic heterocycles. The second kappa shape index (κ2) is 18.7. The SMILES string of the molecule is O=S(=O)([O-])c1c(O)c(N=Nc2c(O)ccc3ccccc23)cc2ccccc12.O=[N+]([O-])c1cc(O)cc(N=Nc2c(O)ccc3ccccc23)c1.[Cr].[Na+].[Na+]. The zero-order chi connectivity index (χ0) is 36.3. The summed E-state index contributed by atoms with van der Waals surface area (Å²) in [5, 5.41) is 70.2. The maximum atomic E-state index is 11.7. The molecule has 7 aromatic carbocycles. The van der Waals surface area contributed by atoms with Gasteiger partial charge in [0.25, 0.3) is 5.69 Å². The van der Waals surface area contributed by atoms with Gasteiger partial charge in [0.2, 0.25) is 0 Å². The Kier molecular flexibility index (Phi) is 15.3. The van der Waals surface area contributed by atoms with Gasteiger partial charge in [-0.15, -0.1) is 15.3 Å². The molecule has 7 rings (SSSR count). The van der Waals surface area contributed by atoms with Gasteiger partial charge in [-0.05, 0) is 34.4 Å². The van der Waals surface area contributed by atoms with Crippen molar-refractivity contribution in [3.63, 3.8) is 0 Å². The van der Waals surface area contributed by atoms with Gasteiger partial charge in [0.05, 0.1) is 16.7 Å². The van der Waals surface area contributed by atoms with Crippen LogP contribution in [0.25, 0.3) is 32.3 Å². The molecule has 0 amide bonds. The van der Waals surface area contributed by atoms with Crippen LogP contribution < -0.4 is 59.1 Å². The number of phenolic OH excluding ortho intramolecular Hbond substituents is 4. The van der Waals surface area contributed by atoms with Crippen LogP contribution in [0.4, 0.5) is 28.4 Å². The minimum absolute atomic E-state index is 0. The van der Waals surface area contributed by atoms with Crippen molar-refractivity contribution in [2.75, 3.05) is 0 Å². The number of hydrogen-bond donors (Lipinski definition) is 4. The van der Waals surface area contributed by atoms with Gasteiger partial charge in [-0.3, -0.25) is 10.1 Å². The summed E-state index contributed by atoms with van der Waals surface area (Å²) in [6, 6.07) is 32.1. The van der Waals surface area contributed by atoms with E-state index in [4.69, 9.17) is 0 Å². The first-order chi connectivity index (χ1) is 24.4. The van der Waals surface area contributed by atoms with E-state index in [1.165, 1.54) is 36.4 Å². The van der Waals surface area contributed by atoms with Crippen LogP contribution in [-0.2, 0) is 27.5 Å². The molecule has 260 valence electrons. The van der Waals surface area contributed by atoms with Crippen LogP contribution in [0.15, 0.2) is 147 Å². The quantitative estimate of drug-likeness (QED) is 0.0635. The molecule has 0 heterocycles. The summed E-state index contributed by atoms with van der Waals surface area (Å²) in [5.74, 6) is -1.24. The predicted molar refractivity (Wildman–Crippen MR) is 188 cm³/mol. The fourth-order valence-electron chi connectivity index (χ4n) is 5.27. The van der Waals surface area contributed by atoms with Crippen molar-refractivity contribution in [1.82, 2.24) is 0 Å². The topological polar surface area (TPSA) is 231 Å². The number of nitro groups is 1. The first-order valence-electron chi connectivity index (χ1n) is 14.8. The van der Waals surface area contributed by atoms with Gasteiger partial charge in [0.1, 0.15) is 49.3 Å². The van der Waals surface area contributed by atoms with Crippen molar-refractivity contribution >= 4 is 70.9 Å². The number of benzene rings is 7. The molecule has 0 aliphatic rings. The van der Waals surface area contributed by atoms with Crippen LogP contribution in [0.5, 0.6) is 23.0 Å². The third-order valence-corrected chi connectivity index (χ3v) is 8.50. The average molecular weight is 801 g/mol. The average Bonchev–Trinajstić information content (AvgIpc) is 3.10. The van der Waals surface area contributed by atoms with Gasteiger partial charge in [-0.1, -0.05) is 84.9 Å². The van der Waals surface area contributed by atoms with Crippen LogP contribution >= 0.6 is 0 Å². The number of nitrogens with zero attached hydrogens (tertiary/aromatic N) is 5. The first-order valence-corrected chi connectivity index (χ1v) is 16.3. The van der Waals surface area contributed by atoms with E-state index in [9.17, 15) is 43.5 Å². The molecule has 18 heteroatoms. The zero-order valence-electron chi connectivity index (χ0n) is 28.4. The van der Waals surface area contributed by atoms with Crippen molar-refractivity contribution in [3.8, 4) is 23.0 Å². The Labute approximate surface area is 362 Å². The van der Waals surface area contributed by atoms with Gasteiger partial charge in [-0.25, -0.2) is 8.42 Å². The molecule has 14 nitrogen and oxygen atoms in total. The minimum Gasteiger partial charge on any atom is -0.744 e. The molecule has 0 saturated heterocycles. The first kappa shape index (κ1) is 44.0. The molecule has 0 spiro atoms. The second-order valence-electron chi connectivity index (χ2n) is 10.9. The molecular formula is C36H24CrN5Na2O9S+. The molecule has 0 unspecified atom stereocenters. The minimum atomic E-state index is -4.96. The Morgan fingerprint density at radius 1 is 0.574 bits per heavy atom. The fraction of sp³-hybridized carbons (Fsp3) is 0. The molecule has 0 bridgehead atoms. The summed E-state index contributed by atoms with van der Waals surface area (Å²) in [4.78, 5) is 9.41. The Hall–Kier alpha value is -4.44. The summed E-state index contributed by atoms with van der Waals surface area (Å²) < 4.78 is 35.1. The maximum Gasteiger partial charge on any atom is 1.00 e. The van der Waals surface area contributed by atoms with Gasteiger partial charge < -0.3 is 25.0 Å². The summed E-state index contributed by atoms with van der Waals surface area (Å²) >= 11 is 0. The number of aromatic hydroxyl groups is 4. The third kappa shape index (κ3) is 9.80. The van der Waals surface area contributed by atoms with Crippen molar-refractivity contribution in [2.24, 2.45) is 20.5 Å². The predicted octanol–water partition coefficient (Wildman–Crippen LogP) is 3.30. The number of rotatable bonds is 6. The van der Waals surface area contributed by atoms with E-state index >= 15 is 0 Å². The summed E-state index contributed by atoms with van der Waals surface area (Å²) in [7, 11) is -4.96. The molecular weight excluding hydrogens is 776 g/mol. The molecule has 0 fully saturated rings. The van der Waals surface area contributed by atoms with E-state index < -0.39 is 25.7 Å². The van der Waals surface area contributed by atoms with Crippen LogP contribution in [-0.4, -0.2) is 38.3 Å². The standard InChI is InChI=1S/C20H14N2O5S.C16H11N3O4.Cr.2Na/c23-17-10-9-12-5-1-3-7-14(12)18(17)22-21-16-11-13-6-2-4-8-15(13)20(19(16)24)28(25,26)27;20-13-8-11(7-12(9-13)19(22)23)17-18-16-14-4-2-1-3-10(14)5-6-15(16)21;;;/h1-11,23-24H,(H,25,26,27);1-9,20-21H;;;/q;;;2*+1/p-1. The molecule has 4 N–H and O–H groups in total. The van der Waals surface area contributed by atoms with Crippen LogP contribution in [0.2, 0.25) is 0 Å². The Bertz CT molecular complexity index is 2680. The van der Waals surface area contributed by atoms with E-state index in [-0.39, 0.29) is 128 Å². The molecule has 0 aliphatic carbocycles. The smallest absolute Gasteiger partial charge is 0.744 e. The third-order valence-electron chi connectivity index (χ3n) is 7.59. The monoisotopic (exact) mass is 800 g/mol. The van der Waals surface area contributed by atoms with Gasteiger partial charge in [0, 0.05) is 45.7 Å². The summed E-state index contributed by atoms with van der Waals surface area (Å²) in [6.07, 6.45) is 0.